The second-order valence-electron chi connectivity index (χ2n) is 6.71. The average Bonchev–Trinajstić information content (AvgIpc) is 2.80. The molecule has 0 atom stereocenters. The zero-order valence-corrected chi connectivity index (χ0v) is 31.9. The molecule has 0 bridgehead atoms. The maximum atomic E-state index is 10.0. The van der Waals surface area contributed by atoms with Crippen LogP contribution in [-0.2, 0) is 43.0 Å². The molecule has 3 N–H and O–H groups in total. The van der Waals surface area contributed by atoms with E-state index in [9.17, 15) is 44.1 Å². The molecule has 0 aromatic heterocycles. The van der Waals surface area contributed by atoms with Gasteiger partial charge in [0.15, 0.2) is 15.2 Å². The number of hydrogen-bond acceptors (Lipinski definition) is 15. The van der Waals surface area contributed by atoms with E-state index >= 15 is 0 Å². The Hall–Kier alpha value is -0.510. The summed E-state index contributed by atoms with van der Waals surface area (Å²) in [6.45, 7) is -0.0797. The summed E-state index contributed by atoms with van der Waals surface area (Å²) in [5, 5.41) is 54.9. The van der Waals surface area contributed by atoms with E-state index in [1.165, 1.54) is 0 Å². The van der Waals surface area contributed by atoms with Crippen molar-refractivity contribution in [2.24, 2.45) is 0 Å². The SMILES string of the molecule is O=C([O-])CCC(=S)OCCC(=O)O.O=C([O-])CCC(=S)OCCC(=O)O.O=C([O-])CCC(=S)OCCC(=O)O.[Na+].[Na+].[Na+]. The van der Waals surface area contributed by atoms with Crippen molar-refractivity contribution in [3.8, 4) is 0 Å². The average molecular weight is 685 g/mol. The molecule has 0 amide bonds. The number of aliphatic carboxylic acids is 6. The molecule has 0 saturated heterocycles. The summed E-state index contributed by atoms with van der Waals surface area (Å²) in [6, 6.07) is 0. The Labute approximate surface area is 323 Å². The Morgan fingerprint density at radius 1 is 0.429 bits per heavy atom. The quantitative estimate of drug-likeness (QED) is 0.0894. The fourth-order valence-corrected chi connectivity index (χ4v) is 2.14. The molecule has 0 aromatic carbocycles. The molecular formula is C21H27Na3O15S3. The summed E-state index contributed by atoms with van der Waals surface area (Å²) < 4.78 is 14.3. The number of thiocarbonyl (C=S) groups is 3. The summed E-state index contributed by atoms with van der Waals surface area (Å²) in [5.74, 6) is -6.56. The number of carbonyl (C=O) groups excluding carboxylic acids is 3. The first-order valence-electron chi connectivity index (χ1n) is 10.8. The number of hydrogen-bond donors (Lipinski definition) is 3. The molecular weight excluding hydrogens is 657 g/mol. The third-order valence-electron chi connectivity index (χ3n) is 3.34. The summed E-state index contributed by atoms with van der Waals surface area (Å²) in [4.78, 5) is 60.0. The zero-order valence-electron chi connectivity index (χ0n) is 23.5. The third-order valence-corrected chi connectivity index (χ3v) is 4.30. The molecule has 0 aliphatic heterocycles. The molecule has 0 saturated carbocycles. The molecule has 0 rings (SSSR count). The van der Waals surface area contributed by atoms with Crippen LogP contribution < -0.4 is 104 Å². The number of carboxylic acid groups (broad SMARTS) is 6. The number of carboxylic acids is 6. The second-order valence-corrected chi connectivity index (χ2v) is 8.07. The van der Waals surface area contributed by atoms with Gasteiger partial charge in [-0.05, 0) is 55.9 Å². The van der Waals surface area contributed by atoms with E-state index in [0.29, 0.717) is 0 Å². The van der Waals surface area contributed by atoms with Gasteiger partial charge < -0.3 is 59.2 Å². The van der Waals surface area contributed by atoms with Crippen LogP contribution in [0.4, 0.5) is 0 Å². The van der Waals surface area contributed by atoms with Crippen molar-refractivity contribution in [2.45, 2.75) is 57.8 Å². The van der Waals surface area contributed by atoms with E-state index in [-0.39, 0.29) is 181 Å². The van der Waals surface area contributed by atoms with Crippen molar-refractivity contribution in [3.05, 3.63) is 0 Å². The minimum Gasteiger partial charge on any atom is -0.550 e. The fraction of sp³-hybridized carbons (Fsp3) is 0.571. The molecule has 0 heterocycles. The van der Waals surface area contributed by atoms with Gasteiger partial charge in [-0.15, -0.1) is 0 Å². The van der Waals surface area contributed by atoms with Gasteiger partial charge in [-0.1, -0.05) is 0 Å². The normalized spacial score (nSPS) is 8.57. The second kappa shape index (κ2) is 36.7. The molecule has 222 valence electrons. The largest absolute Gasteiger partial charge is 1.00 e. The van der Waals surface area contributed by atoms with Crippen molar-refractivity contribution in [2.75, 3.05) is 19.8 Å². The van der Waals surface area contributed by atoms with Crippen LogP contribution in [0.1, 0.15) is 57.8 Å². The van der Waals surface area contributed by atoms with E-state index in [4.69, 9.17) is 29.5 Å². The maximum absolute atomic E-state index is 10.0. The fourth-order valence-electron chi connectivity index (χ4n) is 1.59. The van der Waals surface area contributed by atoms with Crippen LogP contribution in [0.15, 0.2) is 0 Å². The van der Waals surface area contributed by atoms with Gasteiger partial charge in [0.25, 0.3) is 0 Å². The van der Waals surface area contributed by atoms with E-state index < -0.39 is 35.8 Å². The van der Waals surface area contributed by atoms with Gasteiger partial charge >= 0.3 is 107 Å². The van der Waals surface area contributed by atoms with E-state index in [2.05, 4.69) is 36.7 Å². The molecule has 21 heteroatoms. The molecule has 0 unspecified atom stereocenters. The minimum absolute atomic E-state index is 0. The van der Waals surface area contributed by atoms with Crippen molar-refractivity contribution < 1.29 is 162 Å². The van der Waals surface area contributed by atoms with Gasteiger partial charge in [-0.25, -0.2) is 0 Å². The Morgan fingerprint density at radius 2 is 0.619 bits per heavy atom. The molecule has 0 radical (unpaired) electrons. The Balaban J connectivity index is -0.000000112. The Bertz CT molecular complexity index is 764. The van der Waals surface area contributed by atoms with Gasteiger partial charge in [-0.2, -0.15) is 0 Å². The third kappa shape index (κ3) is 55.4. The summed E-state index contributed by atoms with van der Waals surface area (Å²) in [6.07, 6.45) is -0.808. The monoisotopic (exact) mass is 684 g/mol. The first kappa shape index (κ1) is 54.0. The van der Waals surface area contributed by atoms with Crippen LogP contribution in [0.3, 0.4) is 0 Å². The van der Waals surface area contributed by atoms with Crippen LogP contribution in [0, 0.1) is 0 Å². The summed E-state index contributed by atoms with van der Waals surface area (Å²) in [5.41, 5.74) is 0. The van der Waals surface area contributed by atoms with Gasteiger partial charge in [-0.3, -0.25) is 14.4 Å². The van der Waals surface area contributed by atoms with E-state index in [0.717, 1.165) is 0 Å². The number of rotatable bonds is 18. The van der Waals surface area contributed by atoms with Crippen LogP contribution in [-0.4, -0.2) is 86.1 Å². The topological polar surface area (TPSA) is 260 Å². The zero-order chi connectivity index (χ0) is 30.8. The van der Waals surface area contributed by atoms with Crippen LogP contribution >= 0.6 is 36.7 Å². The standard InChI is InChI=1S/3C7H10O5S.3Na/c3*8-5(9)1-2-7(13)12-4-3-6(10)11;;;/h3*1-4H2,(H,8,9)(H,10,11);;;/q;;;3*+1/p-3. The van der Waals surface area contributed by atoms with Crippen molar-refractivity contribution >= 4 is 87.6 Å². The molecule has 0 fully saturated rings. The molecule has 0 aliphatic rings. The number of ether oxygens (including phenoxy) is 3. The predicted octanol–water partition coefficient (Wildman–Crippen LogP) is -11.0. The Kier molecular flexibility index (Phi) is 47.2. The van der Waals surface area contributed by atoms with Gasteiger partial charge in [0.1, 0.15) is 0 Å². The van der Waals surface area contributed by atoms with Crippen LogP contribution in [0.5, 0.6) is 0 Å². The van der Waals surface area contributed by atoms with Gasteiger partial charge in [0, 0.05) is 37.2 Å². The van der Waals surface area contributed by atoms with Crippen molar-refractivity contribution in [1.82, 2.24) is 0 Å². The summed E-state index contributed by atoms with van der Waals surface area (Å²) >= 11 is 13.9. The number of carbonyl (C=O) groups is 6. The maximum Gasteiger partial charge on any atom is 1.00 e. The molecule has 0 spiro atoms. The molecule has 42 heavy (non-hydrogen) atoms. The Morgan fingerprint density at radius 3 is 0.762 bits per heavy atom. The van der Waals surface area contributed by atoms with Crippen molar-refractivity contribution in [3.63, 3.8) is 0 Å². The first-order chi connectivity index (χ1) is 18.1. The smallest absolute Gasteiger partial charge is 0.550 e. The van der Waals surface area contributed by atoms with Crippen LogP contribution in [0.25, 0.3) is 0 Å². The summed E-state index contributed by atoms with van der Waals surface area (Å²) in [7, 11) is 0. The van der Waals surface area contributed by atoms with Crippen molar-refractivity contribution in [1.29, 1.82) is 0 Å². The van der Waals surface area contributed by atoms with Gasteiger partial charge in [0.2, 0.25) is 0 Å². The molecule has 15 nitrogen and oxygen atoms in total. The first-order valence-corrected chi connectivity index (χ1v) is 12.0. The minimum atomic E-state index is -1.20. The van der Waals surface area contributed by atoms with E-state index in [1.54, 1.807) is 0 Å². The predicted molar refractivity (Wildman–Crippen MR) is 135 cm³/mol. The van der Waals surface area contributed by atoms with Gasteiger partial charge in [0.05, 0.1) is 39.1 Å². The van der Waals surface area contributed by atoms with Crippen LogP contribution in [0.2, 0.25) is 0 Å². The van der Waals surface area contributed by atoms with E-state index in [1.807, 2.05) is 0 Å². The molecule has 0 aliphatic carbocycles. The molecule has 0 aromatic rings.